The van der Waals surface area contributed by atoms with Crippen LogP contribution in [0.2, 0.25) is 5.02 Å². The first-order chi connectivity index (χ1) is 29.1. The molecule has 19 heteroatoms. The summed E-state index contributed by atoms with van der Waals surface area (Å²) >= 11 is 6.97. The summed E-state index contributed by atoms with van der Waals surface area (Å²) in [5, 5.41) is 23.0. The van der Waals surface area contributed by atoms with Crippen molar-refractivity contribution in [3.8, 4) is 23.4 Å². The van der Waals surface area contributed by atoms with Gasteiger partial charge in [0.05, 0.1) is 19.8 Å². The maximum absolute atomic E-state index is 14.7. The van der Waals surface area contributed by atoms with Gasteiger partial charge in [-0.15, -0.1) is 0 Å². The molecule has 0 bridgehead atoms. The molecule has 2 saturated carbocycles. The number of aromatic nitrogens is 4. The SMILES string of the molecule is CC[C@@H]1C[C@]1(NC(=O)[C@@H]1C[C@@H](Oc2cc(Oc3ncn[nH]3)nc3c(Cl)c(OCCN4CCOCC4)ccc23)CN1C(=O)[C@@H](NC(=O)OC1CC(C)[C@H](C)C1)C(C)(C)C)C(=O)O. The molecule has 4 aliphatic rings. The standard InChI is InChI=1S/C42H57ClN8O10/c1-7-25-20-42(25,38(54)55)48-36(52)29-18-27(21-51(29)37(53)35(41(4,5)6)47-40(56)60-26-16-23(2)24(3)17-26)59-31-19-32(61-39-44-22-45-49-39)46-34-28(31)8-9-30(33(34)43)58-15-12-50-10-13-57-14-11-50/h8-9,19,22-27,29,35H,7,10-18,20-21H2,1-6H3,(H,47,56)(H,48,52)(H,54,55)(H,44,45,49)/t23-,24?,25-,26?,27-,29+,35-,42-/m1/s1. The predicted molar refractivity (Wildman–Crippen MR) is 222 cm³/mol. The van der Waals surface area contributed by atoms with Crippen LogP contribution in [0.3, 0.4) is 0 Å². The Hall–Kier alpha value is -4.94. The molecule has 3 amide bonds. The number of ether oxygens (including phenoxy) is 5. The second kappa shape index (κ2) is 18.2. The molecule has 2 aliphatic carbocycles. The van der Waals surface area contributed by atoms with Crippen molar-refractivity contribution in [3.63, 3.8) is 0 Å². The molecule has 8 atom stereocenters. The van der Waals surface area contributed by atoms with Crippen LogP contribution < -0.4 is 24.8 Å². The molecular formula is C42H57ClN8O10. The zero-order valence-electron chi connectivity index (χ0n) is 35.6. The van der Waals surface area contributed by atoms with Crippen molar-refractivity contribution in [1.82, 2.24) is 40.6 Å². The first kappa shape index (κ1) is 44.1. The number of H-pyrrole nitrogens is 1. The van der Waals surface area contributed by atoms with Crippen LogP contribution in [-0.4, -0.2) is 135 Å². The molecule has 7 rings (SSSR count). The number of pyridine rings is 1. The summed E-state index contributed by atoms with van der Waals surface area (Å²) in [6, 6.07) is 2.86. The Labute approximate surface area is 359 Å². The number of alkyl carbamates (subject to hydrolysis) is 1. The number of carboxylic acid groups (broad SMARTS) is 1. The first-order valence-corrected chi connectivity index (χ1v) is 21.5. The Morgan fingerprint density at radius 1 is 1.08 bits per heavy atom. The predicted octanol–water partition coefficient (Wildman–Crippen LogP) is 4.80. The summed E-state index contributed by atoms with van der Waals surface area (Å²) in [5.74, 6) is -1.01. The maximum Gasteiger partial charge on any atom is 0.408 e. The Balaban J connectivity index is 1.17. The zero-order chi connectivity index (χ0) is 43.6. The quantitative estimate of drug-likeness (QED) is 0.161. The van der Waals surface area contributed by atoms with Gasteiger partial charge in [-0.3, -0.25) is 14.5 Å². The van der Waals surface area contributed by atoms with E-state index in [1.54, 1.807) is 18.2 Å². The number of aliphatic carboxylic acids is 1. The number of halogens is 1. The molecule has 2 aromatic heterocycles. The lowest BCUT2D eigenvalue weighted by molar-refractivity contribution is -0.146. The van der Waals surface area contributed by atoms with Crippen molar-refractivity contribution >= 4 is 46.4 Å². The lowest BCUT2D eigenvalue weighted by Gasteiger charge is -2.35. The van der Waals surface area contributed by atoms with Gasteiger partial charge in [0.1, 0.15) is 64.8 Å². The lowest BCUT2D eigenvalue weighted by Crippen LogP contribution is -2.59. The van der Waals surface area contributed by atoms with Gasteiger partial charge in [-0.1, -0.05) is 59.6 Å². The smallest absolute Gasteiger partial charge is 0.408 e. The Morgan fingerprint density at radius 3 is 2.46 bits per heavy atom. The molecule has 1 aromatic carbocycles. The fraction of sp³-hybridized carbons (Fsp3) is 0.643. The number of rotatable bonds is 15. The minimum Gasteiger partial charge on any atom is -0.491 e. The van der Waals surface area contributed by atoms with Gasteiger partial charge in [0.15, 0.2) is 0 Å². The van der Waals surface area contributed by atoms with E-state index in [0.29, 0.717) is 61.3 Å². The van der Waals surface area contributed by atoms with E-state index in [1.807, 2.05) is 27.7 Å². The normalized spacial score (nSPS) is 27.0. The molecule has 332 valence electrons. The van der Waals surface area contributed by atoms with Crippen LogP contribution in [-0.2, 0) is 23.9 Å². The van der Waals surface area contributed by atoms with Gasteiger partial charge in [-0.05, 0) is 54.6 Å². The number of nitrogens with one attached hydrogen (secondary N) is 3. The number of morpholine rings is 1. The number of hydrogen-bond acceptors (Lipinski definition) is 13. The average molecular weight is 869 g/mol. The molecule has 18 nitrogen and oxygen atoms in total. The highest BCUT2D eigenvalue weighted by Gasteiger charge is 2.61. The van der Waals surface area contributed by atoms with Crippen LogP contribution in [0.25, 0.3) is 10.9 Å². The highest BCUT2D eigenvalue weighted by molar-refractivity contribution is 6.36. The Morgan fingerprint density at radius 2 is 1.82 bits per heavy atom. The monoisotopic (exact) mass is 868 g/mol. The Kier molecular flexibility index (Phi) is 13.2. The molecule has 0 radical (unpaired) electrons. The van der Waals surface area contributed by atoms with Crippen LogP contribution in [0.4, 0.5) is 4.79 Å². The summed E-state index contributed by atoms with van der Waals surface area (Å²) in [5.41, 5.74) is -1.94. The van der Waals surface area contributed by atoms with E-state index < -0.39 is 53.0 Å². The first-order valence-electron chi connectivity index (χ1n) is 21.1. The number of benzene rings is 1. The van der Waals surface area contributed by atoms with E-state index in [-0.39, 0.29) is 54.1 Å². The van der Waals surface area contributed by atoms with Gasteiger partial charge >= 0.3 is 18.1 Å². The van der Waals surface area contributed by atoms with E-state index in [4.69, 9.17) is 35.3 Å². The fourth-order valence-corrected chi connectivity index (χ4v) is 8.91. The van der Waals surface area contributed by atoms with Crippen LogP contribution in [0.15, 0.2) is 24.5 Å². The molecule has 2 aliphatic heterocycles. The van der Waals surface area contributed by atoms with Crippen molar-refractivity contribution in [2.45, 2.75) is 103 Å². The van der Waals surface area contributed by atoms with E-state index in [0.717, 1.165) is 25.9 Å². The number of nitrogens with zero attached hydrogens (tertiary/aromatic N) is 5. The molecule has 4 heterocycles. The molecule has 2 unspecified atom stereocenters. The number of fused-ring (bicyclic) bond motifs is 1. The highest BCUT2D eigenvalue weighted by atomic mass is 35.5. The molecule has 61 heavy (non-hydrogen) atoms. The van der Waals surface area contributed by atoms with Crippen LogP contribution in [0.1, 0.15) is 73.6 Å². The third kappa shape index (κ3) is 9.91. The Bertz CT molecular complexity index is 2070. The summed E-state index contributed by atoms with van der Waals surface area (Å²) in [6.45, 7) is 15.5. The summed E-state index contributed by atoms with van der Waals surface area (Å²) in [4.78, 5) is 67.2. The number of carbonyl (C=O) groups is 4. The number of hydrogen-bond donors (Lipinski definition) is 4. The van der Waals surface area contributed by atoms with Crippen molar-refractivity contribution in [1.29, 1.82) is 0 Å². The maximum atomic E-state index is 14.7. The van der Waals surface area contributed by atoms with Crippen molar-refractivity contribution in [3.05, 3.63) is 29.5 Å². The van der Waals surface area contributed by atoms with Gasteiger partial charge < -0.3 is 44.3 Å². The summed E-state index contributed by atoms with van der Waals surface area (Å²) in [6.07, 6.45) is 1.78. The molecule has 4 fully saturated rings. The van der Waals surface area contributed by atoms with E-state index in [2.05, 4.69) is 49.5 Å². The molecule has 0 spiro atoms. The van der Waals surface area contributed by atoms with Gasteiger partial charge in [-0.2, -0.15) is 10.1 Å². The number of carboxylic acids is 1. The van der Waals surface area contributed by atoms with Gasteiger partial charge in [0.25, 0.3) is 0 Å². The zero-order valence-corrected chi connectivity index (χ0v) is 36.3. The van der Waals surface area contributed by atoms with Gasteiger partial charge in [0.2, 0.25) is 17.7 Å². The molecule has 2 saturated heterocycles. The third-order valence-electron chi connectivity index (χ3n) is 12.5. The largest absolute Gasteiger partial charge is 0.491 e. The highest BCUT2D eigenvalue weighted by Crippen LogP contribution is 2.46. The van der Waals surface area contributed by atoms with Crippen molar-refractivity contribution in [2.24, 2.45) is 23.2 Å². The van der Waals surface area contributed by atoms with E-state index in [9.17, 15) is 24.3 Å². The minimum absolute atomic E-state index is 0.00179. The fourth-order valence-electron chi connectivity index (χ4n) is 8.65. The van der Waals surface area contributed by atoms with E-state index in [1.165, 1.54) is 11.2 Å². The molecule has 3 aromatic rings. The minimum atomic E-state index is -1.44. The summed E-state index contributed by atoms with van der Waals surface area (Å²) < 4.78 is 29.9. The van der Waals surface area contributed by atoms with Gasteiger partial charge in [-0.25, -0.2) is 19.7 Å². The summed E-state index contributed by atoms with van der Waals surface area (Å²) in [7, 11) is 0. The number of likely N-dealkylation sites (tertiary alicyclic amines) is 1. The van der Waals surface area contributed by atoms with Crippen LogP contribution in [0, 0.1) is 23.2 Å². The van der Waals surface area contributed by atoms with Crippen molar-refractivity contribution in [2.75, 3.05) is 46.0 Å². The number of amides is 3. The molecule has 4 N–H and O–H groups in total. The average Bonchev–Trinajstić information content (AvgIpc) is 3.50. The molecular weight excluding hydrogens is 812 g/mol. The van der Waals surface area contributed by atoms with E-state index >= 15 is 0 Å². The van der Waals surface area contributed by atoms with Crippen LogP contribution >= 0.6 is 11.6 Å². The second-order valence-corrected chi connectivity index (χ2v) is 18.3. The topological polar surface area (TPSA) is 220 Å². The van der Waals surface area contributed by atoms with Crippen molar-refractivity contribution < 1.29 is 48.0 Å². The second-order valence-electron chi connectivity index (χ2n) is 17.9. The number of carbonyl (C=O) groups excluding carboxylic acids is 3. The van der Waals surface area contributed by atoms with Crippen LogP contribution in [0.5, 0.6) is 23.4 Å². The lowest BCUT2D eigenvalue weighted by atomic mass is 9.85. The van der Waals surface area contributed by atoms with Gasteiger partial charge in [0, 0.05) is 37.5 Å². The third-order valence-corrected chi connectivity index (χ3v) is 12.9. The number of aromatic amines is 1.